The lowest BCUT2D eigenvalue weighted by atomic mass is 10.2. The lowest BCUT2D eigenvalue weighted by molar-refractivity contribution is -0.115. The van der Waals surface area contributed by atoms with Gasteiger partial charge in [-0.05, 0) is 44.2 Å². The maximum absolute atomic E-state index is 11.8. The van der Waals surface area contributed by atoms with E-state index in [0.29, 0.717) is 10.7 Å². The van der Waals surface area contributed by atoms with Crippen LogP contribution in [0.3, 0.4) is 0 Å². The summed E-state index contributed by atoms with van der Waals surface area (Å²) < 4.78 is 5.50. The first-order chi connectivity index (χ1) is 9.54. The van der Waals surface area contributed by atoms with Crippen LogP contribution in [-0.2, 0) is 4.79 Å². The normalized spacial score (nSPS) is 12.2. The number of anilines is 1. The molecule has 1 unspecified atom stereocenters. The second kappa shape index (κ2) is 6.59. The summed E-state index contributed by atoms with van der Waals surface area (Å²) >= 11 is 5.86. The van der Waals surface area contributed by atoms with Crippen molar-refractivity contribution in [2.24, 2.45) is 0 Å². The van der Waals surface area contributed by atoms with Gasteiger partial charge in [0.1, 0.15) is 11.5 Å². The molecule has 2 rings (SSSR count). The quantitative estimate of drug-likeness (QED) is 0.886. The van der Waals surface area contributed by atoms with Gasteiger partial charge in [0.15, 0.2) is 0 Å². The topological polar surface area (TPSA) is 54.3 Å². The zero-order valence-corrected chi connectivity index (χ0v) is 12.2. The fourth-order valence-corrected chi connectivity index (χ4v) is 1.99. The van der Waals surface area contributed by atoms with Crippen molar-refractivity contribution >= 4 is 23.2 Å². The number of nitrogens with one attached hydrogen (secondary N) is 2. The highest BCUT2D eigenvalue weighted by Gasteiger charge is 2.11. The highest BCUT2D eigenvalue weighted by molar-refractivity contribution is 6.30. The summed E-state index contributed by atoms with van der Waals surface area (Å²) in [7, 11) is 0. The van der Waals surface area contributed by atoms with Crippen molar-refractivity contribution in [3.05, 3.63) is 52.9 Å². The van der Waals surface area contributed by atoms with Crippen molar-refractivity contribution in [1.29, 1.82) is 0 Å². The number of rotatable bonds is 5. The number of carbonyl (C=O) groups is 1. The predicted molar refractivity (Wildman–Crippen MR) is 79.9 cm³/mol. The number of benzene rings is 1. The summed E-state index contributed by atoms with van der Waals surface area (Å²) in [6.45, 7) is 4.04. The van der Waals surface area contributed by atoms with Crippen molar-refractivity contribution in [2.45, 2.75) is 19.9 Å². The molecule has 4 nitrogen and oxygen atoms in total. The minimum absolute atomic E-state index is 0.0196. The molecule has 1 atom stereocenters. The molecule has 0 spiro atoms. The largest absolute Gasteiger partial charge is 0.465 e. The first-order valence-electron chi connectivity index (χ1n) is 6.40. The van der Waals surface area contributed by atoms with E-state index in [9.17, 15) is 4.79 Å². The minimum Gasteiger partial charge on any atom is -0.465 e. The first kappa shape index (κ1) is 14.6. The number of hydrogen-bond donors (Lipinski definition) is 2. The average Bonchev–Trinajstić information content (AvgIpc) is 2.83. The summed E-state index contributed by atoms with van der Waals surface area (Å²) in [6, 6.07) is 10.8. The molecule has 0 saturated carbocycles. The average molecular weight is 293 g/mol. The zero-order chi connectivity index (χ0) is 14.5. The second-order valence-corrected chi connectivity index (χ2v) is 5.05. The number of halogens is 1. The monoisotopic (exact) mass is 292 g/mol. The molecule has 0 radical (unpaired) electrons. The Morgan fingerprint density at radius 2 is 2.15 bits per heavy atom. The van der Waals surface area contributed by atoms with Crippen LogP contribution in [0.1, 0.15) is 24.5 Å². The summed E-state index contributed by atoms with van der Waals surface area (Å²) in [4.78, 5) is 11.8. The van der Waals surface area contributed by atoms with Gasteiger partial charge in [-0.25, -0.2) is 0 Å². The van der Waals surface area contributed by atoms with Crippen molar-refractivity contribution < 1.29 is 9.21 Å². The Balaban J connectivity index is 1.83. The van der Waals surface area contributed by atoms with Crippen molar-refractivity contribution in [1.82, 2.24) is 5.32 Å². The van der Waals surface area contributed by atoms with Gasteiger partial charge in [-0.1, -0.05) is 17.7 Å². The van der Waals surface area contributed by atoms with Gasteiger partial charge in [-0.3, -0.25) is 10.1 Å². The van der Waals surface area contributed by atoms with Gasteiger partial charge in [0.2, 0.25) is 5.91 Å². The van der Waals surface area contributed by atoms with Gasteiger partial charge in [0, 0.05) is 10.7 Å². The van der Waals surface area contributed by atoms with Crippen molar-refractivity contribution in [3.8, 4) is 0 Å². The summed E-state index contributed by atoms with van der Waals surface area (Å²) in [5, 5.41) is 6.48. The maximum Gasteiger partial charge on any atom is 0.238 e. The summed E-state index contributed by atoms with van der Waals surface area (Å²) in [5.74, 6) is 1.55. The molecule has 0 aliphatic carbocycles. The molecule has 0 bridgehead atoms. The Morgan fingerprint density at radius 3 is 2.80 bits per heavy atom. The minimum atomic E-state index is -0.123. The van der Waals surface area contributed by atoms with Gasteiger partial charge < -0.3 is 9.73 Å². The predicted octanol–water partition coefficient (Wildman–Crippen LogP) is 3.53. The van der Waals surface area contributed by atoms with E-state index in [1.165, 1.54) is 0 Å². The third-order valence-corrected chi connectivity index (χ3v) is 3.10. The van der Waals surface area contributed by atoms with Crippen molar-refractivity contribution in [3.63, 3.8) is 0 Å². The first-order valence-corrected chi connectivity index (χ1v) is 6.77. The summed E-state index contributed by atoms with van der Waals surface area (Å²) in [5.41, 5.74) is 0.686. The number of amides is 1. The molecule has 1 amide bonds. The highest BCUT2D eigenvalue weighted by atomic mass is 35.5. The Morgan fingerprint density at radius 1 is 1.35 bits per heavy atom. The third kappa shape index (κ3) is 4.11. The zero-order valence-electron chi connectivity index (χ0n) is 11.4. The van der Waals surface area contributed by atoms with E-state index in [2.05, 4.69) is 10.6 Å². The Labute approximate surface area is 123 Å². The molecule has 1 heterocycles. The Bertz CT molecular complexity index is 595. The van der Waals surface area contributed by atoms with Crippen LogP contribution in [0, 0.1) is 6.92 Å². The lowest BCUT2D eigenvalue weighted by Crippen LogP contribution is -2.29. The maximum atomic E-state index is 11.8. The van der Waals surface area contributed by atoms with Crippen LogP contribution < -0.4 is 10.6 Å². The summed E-state index contributed by atoms with van der Waals surface area (Å²) in [6.07, 6.45) is 0. The Kier molecular flexibility index (Phi) is 4.82. The molecular weight excluding hydrogens is 276 g/mol. The van der Waals surface area contributed by atoms with E-state index >= 15 is 0 Å². The van der Waals surface area contributed by atoms with Crippen LogP contribution in [0.5, 0.6) is 0 Å². The van der Waals surface area contributed by atoms with Crippen LogP contribution in [0.25, 0.3) is 0 Å². The SMILES string of the molecule is Cc1ccc(C(C)NCC(=O)Nc2cccc(Cl)c2)o1. The van der Waals surface area contributed by atoms with E-state index in [4.69, 9.17) is 16.0 Å². The molecule has 20 heavy (non-hydrogen) atoms. The number of hydrogen-bond acceptors (Lipinski definition) is 3. The Hall–Kier alpha value is -1.78. The molecule has 2 N–H and O–H groups in total. The molecule has 0 aliphatic heterocycles. The fourth-order valence-electron chi connectivity index (χ4n) is 1.80. The second-order valence-electron chi connectivity index (χ2n) is 4.61. The van der Waals surface area contributed by atoms with Crippen molar-refractivity contribution in [2.75, 3.05) is 11.9 Å². The van der Waals surface area contributed by atoms with Gasteiger partial charge in [0.25, 0.3) is 0 Å². The fraction of sp³-hybridized carbons (Fsp3) is 0.267. The molecule has 5 heteroatoms. The van der Waals surface area contributed by atoms with Crippen LogP contribution in [0.15, 0.2) is 40.8 Å². The van der Waals surface area contributed by atoms with E-state index in [1.807, 2.05) is 26.0 Å². The molecular formula is C15H17ClN2O2. The van der Waals surface area contributed by atoms with Crippen LogP contribution >= 0.6 is 11.6 Å². The molecule has 0 aliphatic rings. The smallest absolute Gasteiger partial charge is 0.238 e. The van der Waals surface area contributed by atoms with Gasteiger partial charge >= 0.3 is 0 Å². The van der Waals surface area contributed by atoms with E-state index in [-0.39, 0.29) is 18.5 Å². The van der Waals surface area contributed by atoms with Gasteiger partial charge in [0.05, 0.1) is 12.6 Å². The molecule has 2 aromatic rings. The lowest BCUT2D eigenvalue weighted by Gasteiger charge is -2.11. The van der Waals surface area contributed by atoms with E-state index in [1.54, 1.807) is 24.3 Å². The van der Waals surface area contributed by atoms with Gasteiger partial charge in [-0.2, -0.15) is 0 Å². The number of aryl methyl sites for hydroxylation is 1. The molecule has 1 aromatic carbocycles. The number of furan rings is 1. The van der Waals surface area contributed by atoms with Crippen LogP contribution in [0.2, 0.25) is 5.02 Å². The molecule has 1 aromatic heterocycles. The molecule has 0 fully saturated rings. The highest BCUT2D eigenvalue weighted by Crippen LogP contribution is 2.16. The molecule has 106 valence electrons. The van der Waals surface area contributed by atoms with Gasteiger partial charge in [-0.15, -0.1) is 0 Å². The van der Waals surface area contributed by atoms with E-state index in [0.717, 1.165) is 11.5 Å². The molecule has 0 saturated heterocycles. The third-order valence-electron chi connectivity index (χ3n) is 2.87. The van der Waals surface area contributed by atoms with Crippen LogP contribution in [0.4, 0.5) is 5.69 Å². The standard InChI is InChI=1S/C15H17ClN2O2/c1-10-6-7-14(20-10)11(2)17-9-15(19)18-13-5-3-4-12(16)8-13/h3-8,11,17H,9H2,1-2H3,(H,18,19). The van der Waals surface area contributed by atoms with Crippen LogP contribution in [-0.4, -0.2) is 12.5 Å². The number of carbonyl (C=O) groups excluding carboxylic acids is 1. The van der Waals surface area contributed by atoms with E-state index < -0.39 is 0 Å².